The summed E-state index contributed by atoms with van der Waals surface area (Å²) in [6.45, 7) is 5.52. The zero-order chi connectivity index (χ0) is 31.3. The zero-order valence-electron chi connectivity index (χ0n) is 23.8. The first-order valence-electron chi connectivity index (χ1n) is 13.7. The first kappa shape index (κ1) is 28.1. The Morgan fingerprint density at radius 1 is 0.767 bits per heavy atom. The fourth-order valence-electron chi connectivity index (χ4n) is 7.27. The van der Waals surface area contributed by atoms with E-state index in [0.717, 1.165) is 0 Å². The van der Waals surface area contributed by atoms with Crippen molar-refractivity contribution in [3.8, 4) is 34.1 Å². The lowest BCUT2D eigenvalue weighted by Gasteiger charge is -2.39. The van der Waals surface area contributed by atoms with Crippen molar-refractivity contribution in [3.63, 3.8) is 0 Å². The number of hydrogen-bond acceptors (Lipinski definition) is 9. The summed E-state index contributed by atoms with van der Waals surface area (Å²) >= 11 is 0. The fourth-order valence-corrected chi connectivity index (χ4v) is 7.27. The maximum atomic E-state index is 13.7. The van der Waals surface area contributed by atoms with Gasteiger partial charge in [0.15, 0.2) is 11.6 Å². The molecule has 3 atom stereocenters. The molecule has 43 heavy (non-hydrogen) atoms. The molecule has 5 N–H and O–H groups in total. The van der Waals surface area contributed by atoms with E-state index in [2.05, 4.69) is 0 Å². The van der Waals surface area contributed by atoms with Crippen LogP contribution in [0.25, 0.3) is 32.7 Å². The number of phenolic OH excluding ortho intramolecular Hbond substituents is 4. The number of allylic oxidation sites excluding steroid dienone is 2. The topological polar surface area (TPSA) is 169 Å². The molecule has 0 saturated heterocycles. The number of aliphatic hydroxyl groups is 1. The quantitative estimate of drug-likeness (QED) is 0.216. The SMILES string of the molecule is CC(=O)C1C(C)=CC(=O)c2c1c(-c1c3c(c(O)c4c(O)cccc14)C(=O)C[C@](C)(O)[C@@H]3C(C)=O)c1cccc(O)c1c2O. The Morgan fingerprint density at radius 2 is 1.28 bits per heavy atom. The molecule has 0 spiro atoms. The molecule has 0 amide bonds. The van der Waals surface area contributed by atoms with E-state index >= 15 is 0 Å². The van der Waals surface area contributed by atoms with Crippen LogP contribution in [-0.4, -0.2) is 54.3 Å². The van der Waals surface area contributed by atoms with Crippen LogP contribution in [0.3, 0.4) is 0 Å². The van der Waals surface area contributed by atoms with Crippen molar-refractivity contribution in [2.24, 2.45) is 0 Å². The van der Waals surface area contributed by atoms with Crippen LogP contribution in [0.5, 0.6) is 23.0 Å². The standard InChI is InChI=1S/C34H28O9/c1-13-11-20(39)27-29(22(13)14(2)35)25(16-7-5-9-18(37)23(16)32(27)41)26-17-8-6-10-19(38)24(17)33(42)28-21(40)12-34(4,43)31(15(3)36)30(26)28/h5-11,22,31,37-38,41-43H,12H2,1-4H3/t22?,31-,34+/m1/s1. The van der Waals surface area contributed by atoms with Crippen LogP contribution in [-0.2, 0) is 9.59 Å². The highest BCUT2D eigenvalue weighted by atomic mass is 16.3. The third-order valence-electron chi connectivity index (χ3n) is 8.77. The molecular weight excluding hydrogens is 552 g/mol. The molecular formula is C34H28O9. The molecule has 1 unspecified atom stereocenters. The summed E-state index contributed by atoms with van der Waals surface area (Å²) in [5, 5.41) is 56.5. The third-order valence-corrected chi connectivity index (χ3v) is 8.77. The lowest BCUT2D eigenvalue weighted by molar-refractivity contribution is -0.124. The number of hydrogen-bond donors (Lipinski definition) is 5. The molecule has 2 aliphatic rings. The summed E-state index contributed by atoms with van der Waals surface area (Å²) in [6, 6.07) is 8.72. The first-order valence-corrected chi connectivity index (χ1v) is 13.7. The Bertz CT molecular complexity index is 2030. The van der Waals surface area contributed by atoms with Gasteiger partial charge in [0.2, 0.25) is 0 Å². The highest BCUT2D eigenvalue weighted by Gasteiger charge is 2.49. The Morgan fingerprint density at radius 3 is 1.79 bits per heavy atom. The van der Waals surface area contributed by atoms with Gasteiger partial charge >= 0.3 is 0 Å². The van der Waals surface area contributed by atoms with E-state index in [4.69, 9.17) is 0 Å². The van der Waals surface area contributed by atoms with E-state index in [9.17, 15) is 44.7 Å². The number of carbonyl (C=O) groups excluding carboxylic acids is 4. The van der Waals surface area contributed by atoms with Gasteiger partial charge in [-0.3, -0.25) is 19.2 Å². The van der Waals surface area contributed by atoms with Gasteiger partial charge in [-0.1, -0.05) is 29.8 Å². The molecule has 9 nitrogen and oxygen atoms in total. The third kappa shape index (κ3) is 3.74. The molecule has 0 heterocycles. The molecule has 0 aliphatic heterocycles. The predicted octanol–water partition coefficient (Wildman–Crippen LogP) is 5.31. The molecule has 0 saturated carbocycles. The highest BCUT2D eigenvalue weighted by Crippen LogP contribution is 2.57. The molecule has 2 aliphatic carbocycles. The molecule has 4 aromatic carbocycles. The summed E-state index contributed by atoms with van der Waals surface area (Å²) in [5.41, 5.74) is -1.72. The first-order chi connectivity index (χ1) is 20.2. The number of rotatable bonds is 3. The van der Waals surface area contributed by atoms with Crippen molar-refractivity contribution in [3.05, 3.63) is 70.3 Å². The molecule has 0 bridgehead atoms. The molecule has 6 rings (SSSR count). The Hall–Kier alpha value is -5.02. The number of phenols is 4. The van der Waals surface area contributed by atoms with Crippen molar-refractivity contribution < 1.29 is 44.7 Å². The van der Waals surface area contributed by atoms with E-state index in [1.807, 2.05) is 0 Å². The van der Waals surface area contributed by atoms with Gasteiger partial charge in [-0.15, -0.1) is 0 Å². The average molecular weight is 581 g/mol. The molecule has 9 heteroatoms. The molecule has 0 radical (unpaired) electrons. The monoisotopic (exact) mass is 580 g/mol. The van der Waals surface area contributed by atoms with Gasteiger partial charge in [0.25, 0.3) is 0 Å². The van der Waals surface area contributed by atoms with Crippen LogP contribution in [0.15, 0.2) is 48.0 Å². The summed E-state index contributed by atoms with van der Waals surface area (Å²) in [4.78, 5) is 53.8. The minimum absolute atomic E-state index is 0.0381. The summed E-state index contributed by atoms with van der Waals surface area (Å²) < 4.78 is 0. The zero-order valence-corrected chi connectivity index (χ0v) is 23.8. The molecule has 218 valence electrons. The predicted molar refractivity (Wildman–Crippen MR) is 158 cm³/mol. The average Bonchev–Trinajstić information content (AvgIpc) is 2.88. The number of aromatic hydroxyl groups is 4. The molecule has 0 aromatic heterocycles. The van der Waals surface area contributed by atoms with E-state index in [1.54, 1.807) is 19.1 Å². The van der Waals surface area contributed by atoms with Crippen molar-refractivity contribution in [1.82, 2.24) is 0 Å². The van der Waals surface area contributed by atoms with Crippen molar-refractivity contribution in [1.29, 1.82) is 0 Å². The van der Waals surface area contributed by atoms with Gasteiger partial charge in [-0.2, -0.15) is 0 Å². The molecule has 0 fully saturated rings. The molecule has 4 aromatic rings. The van der Waals surface area contributed by atoms with E-state index in [-0.39, 0.29) is 72.2 Å². The number of Topliss-reactive ketones (excluding diaryl/α,β-unsaturated/α-hetero) is 3. The fraction of sp³-hybridized carbons (Fsp3) is 0.235. The summed E-state index contributed by atoms with van der Waals surface area (Å²) in [6.07, 6.45) is 0.745. The second kappa shape index (κ2) is 9.24. The van der Waals surface area contributed by atoms with Crippen LogP contribution in [0.4, 0.5) is 0 Å². The lowest BCUT2D eigenvalue weighted by atomic mass is 9.65. The minimum atomic E-state index is -1.89. The Kier molecular flexibility index (Phi) is 6.04. The number of fused-ring (bicyclic) bond motifs is 4. The Labute approximate surface area is 245 Å². The van der Waals surface area contributed by atoms with Crippen molar-refractivity contribution in [2.75, 3.05) is 0 Å². The van der Waals surface area contributed by atoms with E-state index < -0.39 is 52.7 Å². The number of benzene rings is 4. The van der Waals surface area contributed by atoms with Gasteiger partial charge in [0.05, 0.1) is 39.3 Å². The van der Waals surface area contributed by atoms with E-state index in [0.29, 0.717) is 5.57 Å². The van der Waals surface area contributed by atoms with Crippen LogP contribution < -0.4 is 0 Å². The lowest BCUT2D eigenvalue weighted by Crippen LogP contribution is -2.43. The van der Waals surface area contributed by atoms with Crippen LogP contribution in [0.1, 0.15) is 77.8 Å². The van der Waals surface area contributed by atoms with Crippen LogP contribution in [0, 0.1) is 0 Å². The normalized spacial score (nSPS) is 21.5. The van der Waals surface area contributed by atoms with Crippen molar-refractivity contribution in [2.45, 2.75) is 51.6 Å². The Balaban J connectivity index is 2.01. The maximum Gasteiger partial charge on any atom is 0.189 e. The van der Waals surface area contributed by atoms with Gasteiger partial charge in [0.1, 0.15) is 34.6 Å². The van der Waals surface area contributed by atoms with Gasteiger partial charge < -0.3 is 25.5 Å². The van der Waals surface area contributed by atoms with Gasteiger partial charge in [0, 0.05) is 6.42 Å². The van der Waals surface area contributed by atoms with Crippen LogP contribution >= 0.6 is 0 Å². The smallest absolute Gasteiger partial charge is 0.189 e. The van der Waals surface area contributed by atoms with Crippen LogP contribution in [0.2, 0.25) is 0 Å². The van der Waals surface area contributed by atoms with Crippen molar-refractivity contribution >= 4 is 44.7 Å². The van der Waals surface area contributed by atoms with Gasteiger partial charge in [-0.25, -0.2) is 0 Å². The second-order valence-corrected chi connectivity index (χ2v) is 11.7. The summed E-state index contributed by atoms with van der Waals surface area (Å²) in [7, 11) is 0. The second-order valence-electron chi connectivity index (χ2n) is 11.7. The maximum absolute atomic E-state index is 13.7. The summed E-state index contributed by atoms with van der Waals surface area (Å²) in [5.74, 6) is -6.46. The van der Waals surface area contributed by atoms with Gasteiger partial charge in [-0.05, 0) is 78.9 Å². The number of ketones is 4. The number of carbonyl (C=O) groups is 4. The highest BCUT2D eigenvalue weighted by molar-refractivity contribution is 6.24. The minimum Gasteiger partial charge on any atom is -0.507 e. The largest absolute Gasteiger partial charge is 0.507 e. The van der Waals surface area contributed by atoms with E-state index in [1.165, 1.54) is 51.1 Å².